The summed E-state index contributed by atoms with van der Waals surface area (Å²) in [4.78, 5) is 26.9. The minimum absolute atomic E-state index is 0.0241. The Morgan fingerprint density at radius 2 is 2.00 bits per heavy atom. The Kier molecular flexibility index (Phi) is 5.23. The van der Waals surface area contributed by atoms with Gasteiger partial charge in [-0.15, -0.1) is 0 Å². The summed E-state index contributed by atoms with van der Waals surface area (Å²) in [6.45, 7) is 2.03. The van der Waals surface area contributed by atoms with E-state index < -0.39 is 23.7 Å². The fraction of sp³-hybridized carbons (Fsp3) is 0.533. The van der Waals surface area contributed by atoms with E-state index in [0.717, 1.165) is 44.0 Å². The maximum atomic E-state index is 12.4. The summed E-state index contributed by atoms with van der Waals surface area (Å²) in [5.74, 6) is -1.33. The van der Waals surface area contributed by atoms with Crippen LogP contribution in [0.15, 0.2) is 18.3 Å². The van der Waals surface area contributed by atoms with E-state index in [1.807, 2.05) is 6.92 Å². The van der Waals surface area contributed by atoms with Crippen LogP contribution in [0.3, 0.4) is 0 Å². The topological polar surface area (TPSA) is 71.1 Å². The highest BCUT2D eigenvalue weighted by Crippen LogP contribution is 2.28. The molecule has 0 unspecified atom stereocenters. The summed E-state index contributed by atoms with van der Waals surface area (Å²) in [7, 11) is 0. The zero-order chi connectivity index (χ0) is 17.0. The summed E-state index contributed by atoms with van der Waals surface area (Å²) in [6.07, 6.45) is 0.116. The largest absolute Gasteiger partial charge is 0.433 e. The number of hydrogen-bond donors (Lipinski definition) is 2. The van der Waals surface area contributed by atoms with Crippen LogP contribution in [0.25, 0.3) is 0 Å². The molecule has 1 saturated carbocycles. The predicted octanol–water partition coefficient (Wildman–Crippen LogP) is 2.73. The van der Waals surface area contributed by atoms with Gasteiger partial charge >= 0.3 is 18.0 Å². The van der Waals surface area contributed by atoms with Crippen molar-refractivity contribution in [3.8, 4) is 0 Å². The molecule has 1 aliphatic rings. The molecule has 5 nitrogen and oxygen atoms in total. The summed E-state index contributed by atoms with van der Waals surface area (Å²) in [5, 5.41) is 4.93. The monoisotopic (exact) mass is 329 g/mol. The molecule has 126 valence electrons. The number of rotatable bonds is 3. The van der Waals surface area contributed by atoms with Gasteiger partial charge in [0.2, 0.25) is 0 Å². The first kappa shape index (κ1) is 17.2. The zero-order valence-corrected chi connectivity index (χ0v) is 12.6. The Morgan fingerprint density at radius 3 is 2.57 bits per heavy atom. The molecule has 8 heteroatoms. The van der Waals surface area contributed by atoms with Gasteiger partial charge in [-0.3, -0.25) is 9.59 Å². The molecule has 1 heterocycles. The van der Waals surface area contributed by atoms with E-state index in [0.29, 0.717) is 5.92 Å². The standard InChI is InChI=1S/C15H18F3N3O2/c1-2-9-4-3-5-11(9)21-14(23)13(22)20-10-6-7-12(19-8-10)15(16,17)18/h6-9,11H,2-5H2,1H3,(H,20,22)(H,21,23)/t9-,11+/m1/s1. The number of halogens is 3. The van der Waals surface area contributed by atoms with Gasteiger partial charge < -0.3 is 10.6 Å². The van der Waals surface area contributed by atoms with E-state index in [1.165, 1.54) is 0 Å². The number of alkyl halides is 3. The molecule has 1 aliphatic carbocycles. The van der Waals surface area contributed by atoms with Crippen molar-refractivity contribution in [3.63, 3.8) is 0 Å². The summed E-state index contributed by atoms with van der Waals surface area (Å²) in [6, 6.07) is 1.78. The van der Waals surface area contributed by atoms with Gasteiger partial charge in [0, 0.05) is 6.04 Å². The SMILES string of the molecule is CC[C@@H]1CCC[C@@H]1NC(=O)C(=O)Nc1ccc(C(F)(F)F)nc1. The Labute approximate surface area is 131 Å². The maximum absolute atomic E-state index is 12.4. The van der Waals surface area contributed by atoms with Crippen molar-refractivity contribution < 1.29 is 22.8 Å². The molecule has 0 aliphatic heterocycles. The Balaban J connectivity index is 1.92. The van der Waals surface area contributed by atoms with Crippen molar-refractivity contribution in [2.75, 3.05) is 5.32 Å². The van der Waals surface area contributed by atoms with Crippen LogP contribution in [0.4, 0.5) is 18.9 Å². The first-order valence-electron chi connectivity index (χ1n) is 7.46. The van der Waals surface area contributed by atoms with E-state index in [9.17, 15) is 22.8 Å². The number of pyridine rings is 1. The smallest absolute Gasteiger partial charge is 0.345 e. The quantitative estimate of drug-likeness (QED) is 0.838. The number of anilines is 1. The zero-order valence-electron chi connectivity index (χ0n) is 12.6. The van der Waals surface area contributed by atoms with Crippen molar-refractivity contribution in [1.82, 2.24) is 10.3 Å². The lowest BCUT2D eigenvalue weighted by atomic mass is 10.0. The van der Waals surface area contributed by atoms with Gasteiger partial charge in [-0.05, 0) is 30.9 Å². The third-order valence-electron chi connectivity index (χ3n) is 4.02. The van der Waals surface area contributed by atoms with Crippen LogP contribution in [0.1, 0.15) is 38.3 Å². The average Bonchev–Trinajstić information content (AvgIpc) is 2.94. The van der Waals surface area contributed by atoms with Crippen molar-refractivity contribution in [2.45, 2.75) is 44.8 Å². The van der Waals surface area contributed by atoms with E-state index in [1.54, 1.807) is 0 Å². The van der Waals surface area contributed by atoms with Crippen LogP contribution >= 0.6 is 0 Å². The first-order chi connectivity index (χ1) is 10.8. The molecule has 2 amide bonds. The summed E-state index contributed by atoms with van der Waals surface area (Å²) in [5.41, 5.74) is -1.02. The highest BCUT2D eigenvalue weighted by atomic mass is 19.4. The maximum Gasteiger partial charge on any atom is 0.433 e. The molecule has 1 aromatic rings. The number of carbonyl (C=O) groups excluding carboxylic acids is 2. The summed E-state index contributed by atoms with van der Waals surface area (Å²) < 4.78 is 37.2. The molecule has 0 spiro atoms. The first-order valence-corrected chi connectivity index (χ1v) is 7.46. The molecular weight excluding hydrogens is 311 g/mol. The lowest BCUT2D eigenvalue weighted by molar-refractivity contribution is -0.141. The van der Waals surface area contributed by atoms with Crippen molar-refractivity contribution in [3.05, 3.63) is 24.0 Å². The molecule has 1 fully saturated rings. The van der Waals surface area contributed by atoms with E-state index in [4.69, 9.17) is 0 Å². The molecule has 0 bridgehead atoms. The van der Waals surface area contributed by atoms with Gasteiger partial charge in [-0.2, -0.15) is 13.2 Å². The number of nitrogens with zero attached hydrogens (tertiary/aromatic N) is 1. The minimum atomic E-state index is -4.54. The second-order valence-corrected chi connectivity index (χ2v) is 5.56. The van der Waals surface area contributed by atoms with Crippen molar-refractivity contribution >= 4 is 17.5 Å². The van der Waals surface area contributed by atoms with Gasteiger partial charge in [0.25, 0.3) is 0 Å². The molecular formula is C15H18F3N3O2. The van der Waals surface area contributed by atoms with E-state index >= 15 is 0 Å². The van der Waals surface area contributed by atoms with Gasteiger partial charge in [0.05, 0.1) is 11.9 Å². The third-order valence-corrected chi connectivity index (χ3v) is 4.02. The molecule has 0 saturated heterocycles. The lowest BCUT2D eigenvalue weighted by Crippen LogP contribution is -2.43. The fourth-order valence-corrected chi connectivity index (χ4v) is 2.77. The lowest BCUT2D eigenvalue weighted by Gasteiger charge is -2.19. The van der Waals surface area contributed by atoms with Crippen LogP contribution in [0, 0.1) is 5.92 Å². The van der Waals surface area contributed by atoms with Crippen LogP contribution < -0.4 is 10.6 Å². The highest BCUT2D eigenvalue weighted by molar-refractivity contribution is 6.39. The second kappa shape index (κ2) is 6.97. The van der Waals surface area contributed by atoms with Gasteiger partial charge in [0.1, 0.15) is 5.69 Å². The molecule has 2 atom stereocenters. The Bertz CT molecular complexity index is 572. The number of hydrogen-bond acceptors (Lipinski definition) is 3. The molecule has 2 rings (SSSR count). The molecule has 0 aromatic carbocycles. The number of aromatic nitrogens is 1. The van der Waals surface area contributed by atoms with Gasteiger partial charge in [-0.25, -0.2) is 4.98 Å². The molecule has 1 aromatic heterocycles. The minimum Gasteiger partial charge on any atom is -0.345 e. The average molecular weight is 329 g/mol. The molecule has 23 heavy (non-hydrogen) atoms. The highest BCUT2D eigenvalue weighted by Gasteiger charge is 2.32. The summed E-state index contributed by atoms with van der Waals surface area (Å²) >= 11 is 0. The fourth-order valence-electron chi connectivity index (χ4n) is 2.77. The Morgan fingerprint density at radius 1 is 1.26 bits per heavy atom. The number of carbonyl (C=O) groups is 2. The number of amides is 2. The van der Waals surface area contributed by atoms with Crippen LogP contribution in [0.5, 0.6) is 0 Å². The number of nitrogens with one attached hydrogen (secondary N) is 2. The third kappa shape index (κ3) is 4.43. The van der Waals surface area contributed by atoms with Crippen LogP contribution in [-0.2, 0) is 15.8 Å². The molecule has 0 radical (unpaired) electrons. The van der Waals surface area contributed by atoms with Crippen LogP contribution in [0.2, 0.25) is 0 Å². The predicted molar refractivity (Wildman–Crippen MR) is 77.4 cm³/mol. The van der Waals surface area contributed by atoms with Gasteiger partial charge in [-0.1, -0.05) is 19.8 Å². The van der Waals surface area contributed by atoms with E-state index in [-0.39, 0.29) is 11.7 Å². The second-order valence-electron chi connectivity index (χ2n) is 5.56. The van der Waals surface area contributed by atoms with Crippen molar-refractivity contribution in [2.24, 2.45) is 5.92 Å². The van der Waals surface area contributed by atoms with Crippen LogP contribution in [-0.4, -0.2) is 22.8 Å². The van der Waals surface area contributed by atoms with Gasteiger partial charge in [0.15, 0.2) is 0 Å². The van der Waals surface area contributed by atoms with Crippen molar-refractivity contribution in [1.29, 1.82) is 0 Å². The Hall–Kier alpha value is -2.12. The van der Waals surface area contributed by atoms with E-state index in [2.05, 4.69) is 15.6 Å². The normalized spacial score (nSPS) is 21.0. The molecule has 2 N–H and O–H groups in total.